The minimum Gasteiger partial charge on any atom is -0.466 e. The summed E-state index contributed by atoms with van der Waals surface area (Å²) in [6, 6.07) is 4.79. The number of nitrogens with one attached hydrogen (secondary N) is 1. The Morgan fingerprint density at radius 1 is 1.16 bits per heavy atom. The largest absolute Gasteiger partial charge is 0.466 e. The quantitative estimate of drug-likeness (QED) is 0.527. The van der Waals surface area contributed by atoms with Gasteiger partial charge in [0.25, 0.3) is 5.91 Å². The molecule has 1 aromatic rings. The maximum atomic E-state index is 12.2. The van der Waals surface area contributed by atoms with E-state index < -0.39 is 35.7 Å². The van der Waals surface area contributed by atoms with Crippen LogP contribution in [0.2, 0.25) is 0 Å². The highest BCUT2D eigenvalue weighted by molar-refractivity contribution is 5.97. The molecule has 0 fully saturated rings. The van der Waals surface area contributed by atoms with Crippen LogP contribution in [-0.4, -0.2) is 36.4 Å². The molecule has 0 aliphatic rings. The Morgan fingerprint density at radius 2 is 1.76 bits per heavy atom. The van der Waals surface area contributed by atoms with Crippen LogP contribution in [0.25, 0.3) is 0 Å². The molecule has 0 heterocycles. The highest BCUT2D eigenvalue weighted by atomic mass is 16.5. The van der Waals surface area contributed by atoms with Crippen LogP contribution < -0.4 is 15.8 Å². The van der Waals surface area contributed by atoms with E-state index >= 15 is 0 Å². The summed E-state index contributed by atoms with van der Waals surface area (Å²) in [5, 5.41) is 2.49. The molecule has 0 aliphatic heterocycles. The highest BCUT2D eigenvalue weighted by Crippen LogP contribution is 2.14. The van der Waals surface area contributed by atoms with Gasteiger partial charge in [-0.2, -0.15) is 0 Å². The summed E-state index contributed by atoms with van der Waals surface area (Å²) in [6.45, 7) is 4.76. The second-order valence-corrected chi connectivity index (χ2v) is 5.44. The van der Waals surface area contributed by atoms with Gasteiger partial charge in [0.2, 0.25) is 5.91 Å². The number of carbonyl (C=O) groups excluding carboxylic acids is 4. The fourth-order valence-corrected chi connectivity index (χ4v) is 2.06. The van der Waals surface area contributed by atoms with Gasteiger partial charge in [0.05, 0.1) is 12.5 Å². The molecule has 0 saturated carbocycles. The fourth-order valence-electron chi connectivity index (χ4n) is 2.06. The van der Waals surface area contributed by atoms with Crippen molar-refractivity contribution in [2.75, 3.05) is 6.61 Å². The number of hydrogen-bond donors (Lipinski definition) is 2. The number of nitrogens with two attached hydrogens (primary N) is 1. The zero-order chi connectivity index (χ0) is 19.0. The monoisotopic (exact) mass is 350 g/mol. The molecule has 2 amide bonds. The maximum absolute atomic E-state index is 12.2. The molecule has 136 valence electrons. The van der Waals surface area contributed by atoms with Crippen LogP contribution in [0.3, 0.4) is 0 Å². The van der Waals surface area contributed by atoms with Gasteiger partial charge < -0.3 is 20.5 Å². The summed E-state index contributed by atoms with van der Waals surface area (Å²) in [5.41, 5.74) is 5.56. The number of benzene rings is 1. The number of primary amides is 1. The van der Waals surface area contributed by atoms with E-state index in [-0.39, 0.29) is 18.6 Å². The van der Waals surface area contributed by atoms with Gasteiger partial charge in [-0.25, -0.2) is 0 Å². The molecule has 8 heteroatoms. The van der Waals surface area contributed by atoms with Gasteiger partial charge >= 0.3 is 11.9 Å². The molecule has 0 radical (unpaired) electrons. The van der Waals surface area contributed by atoms with E-state index in [0.717, 1.165) is 0 Å². The van der Waals surface area contributed by atoms with E-state index in [2.05, 4.69) is 5.32 Å². The van der Waals surface area contributed by atoms with E-state index in [1.807, 2.05) is 0 Å². The number of amides is 2. The van der Waals surface area contributed by atoms with Gasteiger partial charge in [0.15, 0.2) is 0 Å². The molecule has 0 aliphatic carbocycles. The van der Waals surface area contributed by atoms with Crippen molar-refractivity contribution in [2.45, 2.75) is 33.2 Å². The molecule has 1 aromatic carbocycles. The van der Waals surface area contributed by atoms with Crippen molar-refractivity contribution in [3.8, 4) is 5.75 Å². The summed E-state index contributed by atoms with van der Waals surface area (Å²) >= 11 is 0. The second kappa shape index (κ2) is 9.41. The molecule has 0 aromatic heterocycles. The molecule has 8 nitrogen and oxygen atoms in total. The van der Waals surface area contributed by atoms with Crippen LogP contribution >= 0.6 is 0 Å². The van der Waals surface area contributed by atoms with Crippen molar-refractivity contribution < 1.29 is 28.7 Å². The first kappa shape index (κ1) is 20.1. The molecule has 0 unspecified atom stereocenters. The summed E-state index contributed by atoms with van der Waals surface area (Å²) in [7, 11) is 0. The van der Waals surface area contributed by atoms with Crippen LogP contribution in [0.15, 0.2) is 24.3 Å². The number of esters is 2. The van der Waals surface area contributed by atoms with Crippen LogP contribution in [0.1, 0.15) is 37.6 Å². The summed E-state index contributed by atoms with van der Waals surface area (Å²) < 4.78 is 9.75. The normalized spacial score (nSPS) is 12.6. The van der Waals surface area contributed by atoms with Crippen molar-refractivity contribution >= 4 is 23.8 Å². The molecular formula is C17H22N2O6. The Labute approximate surface area is 145 Å². The third-order valence-electron chi connectivity index (χ3n) is 3.31. The van der Waals surface area contributed by atoms with Gasteiger partial charge in [0.1, 0.15) is 11.8 Å². The average Bonchev–Trinajstić information content (AvgIpc) is 2.54. The number of ether oxygens (including phenoxy) is 2. The van der Waals surface area contributed by atoms with Crippen LogP contribution in [-0.2, 0) is 19.1 Å². The highest BCUT2D eigenvalue weighted by Gasteiger charge is 2.25. The lowest BCUT2D eigenvalue weighted by Gasteiger charge is -2.19. The summed E-state index contributed by atoms with van der Waals surface area (Å²) in [5.74, 6) is -2.52. The van der Waals surface area contributed by atoms with Crippen LogP contribution in [0, 0.1) is 5.92 Å². The minimum absolute atomic E-state index is 0.0332. The topological polar surface area (TPSA) is 125 Å². The van der Waals surface area contributed by atoms with Gasteiger partial charge in [-0.3, -0.25) is 19.2 Å². The first-order valence-corrected chi connectivity index (χ1v) is 7.79. The second-order valence-electron chi connectivity index (χ2n) is 5.44. The zero-order valence-electron chi connectivity index (χ0n) is 14.4. The Hall–Kier alpha value is -2.90. The molecular weight excluding hydrogens is 328 g/mol. The van der Waals surface area contributed by atoms with Gasteiger partial charge in [0, 0.05) is 12.5 Å². The number of rotatable bonds is 8. The Bertz CT molecular complexity index is 641. The minimum atomic E-state index is -1.01. The SMILES string of the molecule is CCOC(=O)[C@H](C)C[C@H](NC(=O)c1ccc(OC(C)=O)cc1)C(N)=O. The van der Waals surface area contributed by atoms with Crippen molar-refractivity contribution in [1.82, 2.24) is 5.32 Å². The zero-order valence-corrected chi connectivity index (χ0v) is 14.4. The first-order chi connectivity index (χ1) is 11.7. The van der Waals surface area contributed by atoms with Crippen molar-refractivity contribution in [3.05, 3.63) is 29.8 Å². The predicted molar refractivity (Wildman–Crippen MR) is 88.6 cm³/mol. The fraction of sp³-hybridized carbons (Fsp3) is 0.412. The molecule has 0 spiro atoms. The Kier molecular flexibility index (Phi) is 7.58. The molecule has 1 rings (SSSR count). The molecule has 3 N–H and O–H groups in total. The van der Waals surface area contributed by atoms with Crippen LogP contribution in [0.5, 0.6) is 5.75 Å². The molecule has 2 atom stereocenters. The van der Waals surface area contributed by atoms with Gasteiger partial charge in [-0.1, -0.05) is 6.92 Å². The van der Waals surface area contributed by atoms with Crippen molar-refractivity contribution in [3.63, 3.8) is 0 Å². The van der Waals surface area contributed by atoms with Gasteiger partial charge in [-0.05, 0) is 37.6 Å². The molecule has 25 heavy (non-hydrogen) atoms. The third-order valence-corrected chi connectivity index (χ3v) is 3.31. The lowest BCUT2D eigenvalue weighted by Crippen LogP contribution is -2.46. The first-order valence-electron chi connectivity index (χ1n) is 7.79. The van der Waals surface area contributed by atoms with E-state index in [0.29, 0.717) is 5.75 Å². The standard InChI is InChI=1S/C17H22N2O6/c1-4-24-17(23)10(2)9-14(15(18)21)19-16(22)12-5-7-13(8-6-12)25-11(3)20/h5-8,10,14H,4,9H2,1-3H3,(H2,18,21)(H,19,22)/t10-,14+/m1/s1. The maximum Gasteiger partial charge on any atom is 0.308 e. The Balaban J connectivity index is 2.74. The molecule has 0 saturated heterocycles. The van der Waals surface area contributed by atoms with Crippen LogP contribution in [0.4, 0.5) is 0 Å². The number of carbonyl (C=O) groups is 4. The third kappa shape index (κ3) is 6.62. The molecule has 0 bridgehead atoms. The summed E-state index contributed by atoms with van der Waals surface area (Å²) in [6.07, 6.45) is 0.0332. The summed E-state index contributed by atoms with van der Waals surface area (Å²) in [4.78, 5) is 46.3. The van der Waals surface area contributed by atoms with Gasteiger partial charge in [-0.15, -0.1) is 0 Å². The number of hydrogen-bond acceptors (Lipinski definition) is 6. The van der Waals surface area contributed by atoms with E-state index in [4.69, 9.17) is 15.2 Å². The van der Waals surface area contributed by atoms with Crippen molar-refractivity contribution in [1.29, 1.82) is 0 Å². The lowest BCUT2D eigenvalue weighted by molar-refractivity contribution is -0.147. The average molecular weight is 350 g/mol. The predicted octanol–water partition coefficient (Wildman–Crippen LogP) is 0.785. The van der Waals surface area contributed by atoms with E-state index in [1.54, 1.807) is 13.8 Å². The lowest BCUT2D eigenvalue weighted by atomic mass is 10.0. The van der Waals surface area contributed by atoms with E-state index in [9.17, 15) is 19.2 Å². The van der Waals surface area contributed by atoms with E-state index in [1.165, 1.54) is 31.2 Å². The Morgan fingerprint density at radius 3 is 2.24 bits per heavy atom. The smallest absolute Gasteiger partial charge is 0.308 e. The van der Waals surface area contributed by atoms with Crippen molar-refractivity contribution in [2.24, 2.45) is 11.7 Å².